The molecule has 0 fully saturated rings. The minimum Gasteiger partial charge on any atom is -0.311 e. The average Bonchev–Trinajstić information content (AvgIpc) is 3.17. The van der Waals surface area contributed by atoms with Crippen LogP contribution >= 0.6 is 11.8 Å². The number of thioether (sulfide) groups is 1. The van der Waals surface area contributed by atoms with Gasteiger partial charge in [-0.2, -0.15) is 0 Å². The molecule has 0 atom stereocenters. The van der Waals surface area contributed by atoms with Crippen molar-refractivity contribution in [2.45, 2.75) is 38.8 Å². The average molecular weight is 440 g/mol. The molecular weight excluding hydrogens is 414 g/mol. The second kappa shape index (κ2) is 8.30. The molecule has 0 bridgehead atoms. The van der Waals surface area contributed by atoms with Gasteiger partial charge in [-0.3, -0.25) is 18.7 Å². The molecule has 0 radical (unpaired) electrons. The van der Waals surface area contributed by atoms with E-state index in [-0.39, 0.29) is 23.0 Å². The van der Waals surface area contributed by atoms with E-state index < -0.39 is 11.2 Å². The van der Waals surface area contributed by atoms with Gasteiger partial charge in [-0.1, -0.05) is 43.8 Å². The molecule has 0 saturated carbocycles. The largest absolute Gasteiger partial charge is 0.332 e. The first-order valence-electron chi connectivity index (χ1n) is 10.3. The number of aryl methyl sites for hydroxylation is 1. The predicted octanol–water partition coefficient (Wildman–Crippen LogP) is 2.14. The summed E-state index contributed by atoms with van der Waals surface area (Å²) >= 11 is 1.22. The number of fused-ring (bicyclic) bond motifs is 2. The van der Waals surface area contributed by atoms with Crippen LogP contribution in [-0.4, -0.2) is 37.3 Å². The van der Waals surface area contributed by atoms with Crippen LogP contribution in [0, 0.1) is 12.8 Å². The Bertz CT molecular complexity index is 1290. The maximum atomic E-state index is 12.9. The fourth-order valence-electron chi connectivity index (χ4n) is 3.88. The molecule has 1 aromatic carbocycles. The van der Waals surface area contributed by atoms with E-state index in [0.29, 0.717) is 29.6 Å². The topological polar surface area (TPSA) is 90.1 Å². The summed E-state index contributed by atoms with van der Waals surface area (Å²) in [6, 6.07) is 7.89. The van der Waals surface area contributed by atoms with E-state index in [1.807, 2.05) is 38.1 Å². The second-order valence-electron chi connectivity index (χ2n) is 8.14. The summed E-state index contributed by atoms with van der Waals surface area (Å²) in [6.45, 7) is 6.81. The van der Waals surface area contributed by atoms with Crippen molar-refractivity contribution in [3.05, 3.63) is 56.5 Å². The molecule has 162 valence electrons. The van der Waals surface area contributed by atoms with E-state index in [2.05, 4.69) is 9.97 Å². The molecule has 0 N–H and O–H groups in total. The van der Waals surface area contributed by atoms with E-state index in [1.54, 1.807) is 11.8 Å². The summed E-state index contributed by atoms with van der Waals surface area (Å²) in [5, 5.41) is 0.717. The highest BCUT2D eigenvalue weighted by Gasteiger charge is 2.25. The number of anilines is 1. The number of aromatic nitrogens is 4. The fraction of sp³-hybridized carbons (Fsp3) is 0.409. The first-order chi connectivity index (χ1) is 14.8. The highest BCUT2D eigenvalue weighted by atomic mass is 32.2. The molecule has 0 spiro atoms. The number of rotatable bonds is 5. The van der Waals surface area contributed by atoms with Crippen molar-refractivity contribution in [2.24, 2.45) is 13.0 Å². The van der Waals surface area contributed by atoms with Gasteiger partial charge in [0.25, 0.3) is 5.56 Å². The Labute approximate surface area is 183 Å². The van der Waals surface area contributed by atoms with Gasteiger partial charge < -0.3 is 4.90 Å². The number of benzene rings is 1. The number of hydrogen-bond acceptors (Lipinski definition) is 6. The molecule has 2 aromatic heterocycles. The summed E-state index contributed by atoms with van der Waals surface area (Å²) in [5.41, 5.74) is 1.59. The van der Waals surface area contributed by atoms with E-state index >= 15 is 0 Å². The van der Waals surface area contributed by atoms with Crippen LogP contribution in [0.2, 0.25) is 0 Å². The SMILES string of the molecule is Cc1nc(SCC(=O)N2CCc3ccccc32)c2c(=O)n(C)c(=O)n(CC(C)C)c2n1. The van der Waals surface area contributed by atoms with Gasteiger partial charge in [0, 0.05) is 25.8 Å². The zero-order valence-corrected chi connectivity index (χ0v) is 18.9. The third-order valence-electron chi connectivity index (χ3n) is 5.33. The van der Waals surface area contributed by atoms with Crippen LogP contribution in [0.1, 0.15) is 25.2 Å². The van der Waals surface area contributed by atoms with Crippen LogP contribution in [0.15, 0.2) is 38.9 Å². The molecular formula is C22H25N5O3S. The molecule has 1 aliphatic heterocycles. The lowest BCUT2D eigenvalue weighted by Crippen LogP contribution is -2.39. The van der Waals surface area contributed by atoms with Crippen LogP contribution in [0.4, 0.5) is 5.69 Å². The molecule has 3 heterocycles. The van der Waals surface area contributed by atoms with Crippen LogP contribution in [-0.2, 0) is 24.8 Å². The van der Waals surface area contributed by atoms with E-state index in [0.717, 1.165) is 22.2 Å². The first kappa shape index (κ1) is 21.3. The minimum absolute atomic E-state index is 0.0355. The highest BCUT2D eigenvalue weighted by Crippen LogP contribution is 2.29. The van der Waals surface area contributed by atoms with Crippen molar-refractivity contribution in [3.63, 3.8) is 0 Å². The molecule has 31 heavy (non-hydrogen) atoms. The van der Waals surface area contributed by atoms with Gasteiger partial charge >= 0.3 is 5.69 Å². The Hall–Kier alpha value is -2.94. The molecule has 9 heteroatoms. The Morgan fingerprint density at radius 1 is 1.19 bits per heavy atom. The van der Waals surface area contributed by atoms with Crippen molar-refractivity contribution < 1.29 is 4.79 Å². The van der Waals surface area contributed by atoms with Crippen molar-refractivity contribution in [2.75, 3.05) is 17.2 Å². The van der Waals surface area contributed by atoms with Crippen molar-refractivity contribution >= 4 is 34.4 Å². The zero-order chi connectivity index (χ0) is 22.3. The summed E-state index contributed by atoms with van der Waals surface area (Å²) in [7, 11) is 1.46. The first-order valence-corrected chi connectivity index (χ1v) is 11.3. The standard InChI is InChI=1S/C22H25N5O3S/c1-13(2)11-27-19-18(21(29)25(4)22(27)30)20(24-14(3)23-19)31-12-17(28)26-10-9-15-7-5-6-8-16(15)26/h5-8,13H,9-12H2,1-4H3. The molecule has 1 aliphatic rings. The van der Waals surface area contributed by atoms with Gasteiger partial charge in [0.15, 0.2) is 5.65 Å². The van der Waals surface area contributed by atoms with E-state index in [1.165, 1.54) is 23.4 Å². The lowest BCUT2D eigenvalue weighted by molar-refractivity contribution is -0.116. The molecule has 3 aromatic rings. The van der Waals surface area contributed by atoms with Gasteiger partial charge in [-0.25, -0.2) is 14.8 Å². The predicted molar refractivity (Wildman–Crippen MR) is 122 cm³/mol. The number of para-hydroxylation sites is 1. The minimum atomic E-state index is -0.443. The number of nitrogens with zero attached hydrogens (tertiary/aromatic N) is 5. The quantitative estimate of drug-likeness (QED) is 0.447. The molecule has 8 nitrogen and oxygen atoms in total. The number of hydrogen-bond donors (Lipinski definition) is 0. The summed E-state index contributed by atoms with van der Waals surface area (Å²) in [5.74, 6) is 0.763. The third kappa shape index (κ3) is 3.89. The van der Waals surface area contributed by atoms with Gasteiger partial charge in [0.1, 0.15) is 16.2 Å². The van der Waals surface area contributed by atoms with Gasteiger partial charge in [-0.15, -0.1) is 0 Å². The van der Waals surface area contributed by atoms with Gasteiger partial charge in [-0.05, 0) is 30.9 Å². The van der Waals surface area contributed by atoms with Gasteiger partial charge in [0.05, 0.1) is 5.75 Å². The highest BCUT2D eigenvalue weighted by molar-refractivity contribution is 8.00. The maximum Gasteiger partial charge on any atom is 0.332 e. The summed E-state index contributed by atoms with van der Waals surface area (Å²) in [4.78, 5) is 49.3. The Morgan fingerprint density at radius 3 is 2.68 bits per heavy atom. The molecule has 0 aliphatic carbocycles. The van der Waals surface area contributed by atoms with Crippen molar-refractivity contribution in [1.82, 2.24) is 19.1 Å². The lowest BCUT2D eigenvalue weighted by atomic mass is 10.2. The molecule has 4 rings (SSSR count). The number of amides is 1. The van der Waals surface area contributed by atoms with Crippen molar-refractivity contribution in [3.8, 4) is 0 Å². The molecule has 1 amide bonds. The Morgan fingerprint density at radius 2 is 1.94 bits per heavy atom. The van der Waals surface area contributed by atoms with Crippen molar-refractivity contribution in [1.29, 1.82) is 0 Å². The van der Waals surface area contributed by atoms with Crippen LogP contribution in [0.5, 0.6) is 0 Å². The van der Waals surface area contributed by atoms with Crippen LogP contribution < -0.4 is 16.1 Å². The second-order valence-corrected chi connectivity index (χ2v) is 9.10. The smallest absolute Gasteiger partial charge is 0.311 e. The lowest BCUT2D eigenvalue weighted by Gasteiger charge is -2.18. The third-order valence-corrected chi connectivity index (χ3v) is 6.29. The Kier molecular flexibility index (Phi) is 5.70. The fourth-order valence-corrected chi connectivity index (χ4v) is 4.82. The monoisotopic (exact) mass is 439 g/mol. The van der Waals surface area contributed by atoms with E-state index in [4.69, 9.17) is 0 Å². The summed E-state index contributed by atoms with van der Waals surface area (Å²) in [6.07, 6.45) is 0.837. The van der Waals surface area contributed by atoms with Crippen LogP contribution in [0.3, 0.4) is 0 Å². The molecule has 0 unspecified atom stereocenters. The maximum absolute atomic E-state index is 12.9. The van der Waals surface area contributed by atoms with Crippen LogP contribution in [0.25, 0.3) is 11.0 Å². The van der Waals surface area contributed by atoms with Gasteiger partial charge in [0.2, 0.25) is 5.91 Å². The number of carbonyl (C=O) groups excluding carboxylic acids is 1. The molecule has 0 saturated heterocycles. The normalized spacial score (nSPS) is 13.3. The summed E-state index contributed by atoms with van der Waals surface area (Å²) < 4.78 is 2.62. The zero-order valence-electron chi connectivity index (χ0n) is 18.1. The number of carbonyl (C=O) groups is 1. The van der Waals surface area contributed by atoms with E-state index in [9.17, 15) is 14.4 Å². The Balaban J connectivity index is 1.71.